The van der Waals surface area contributed by atoms with Crippen molar-refractivity contribution in [1.29, 1.82) is 0 Å². The molecule has 260 valence electrons. The summed E-state index contributed by atoms with van der Waals surface area (Å²) in [5, 5.41) is 6.58. The predicted molar refractivity (Wildman–Crippen MR) is 177 cm³/mol. The van der Waals surface area contributed by atoms with Gasteiger partial charge >= 0.3 is 33.4 Å². The fourth-order valence-corrected chi connectivity index (χ4v) is 8.49. The monoisotopic (exact) mass is 920 g/mol. The number of aromatic nitrogens is 2. The molecule has 0 atom stereocenters. The van der Waals surface area contributed by atoms with Gasteiger partial charge < -0.3 is 4.13 Å². The molecule has 0 spiro atoms. The molecule has 7 nitrogen and oxygen atoms in total. The van der Waals surface area contributed by atoms with Crippen LogP contribution in [-0.2, 0) is 42.4 Å². The Bertz CT molecular complexity index is 1990. The second-order valence-electron chi connectivity index (χ2n) is 9.61. The Morgan fingerprint density at radius 2 is 0.776 bits per heavy atom. The maximum Gasteiger partial charge on any atom is 1.00 e. The Labute approximate surface area is 294 Å². The van der Waals surface area contributed by atoms with Crippen LogP contribution in [0.25, 0.3) is 25.9 Å². The molecule has 0 aliphatic rings. The van der Waals surface area contributed by atoms with Crippen LogP contribution in [0.2, 0.25) is 0 Å². The molecule has 0 bridgehead atoms. The van der Waals surface area contributed by atoms with Crippen LogP contribution in [0.5, 0.6) is 0 Å². The van der Waals surface area contributed by atoms with Gasteiger partial charge in [-0.25, -0.2) is 16.8 Å². The molecule has 0 aliphatic carbocycles. The molecule has 6 aromatic rings. The van der Waals surface area contributed by atoms with Crippen molar-refractivity contribution in [2.24, 2.45) is 0 Å². The second-order valence-corrected chi connectivity index (χ2v) is 15.5. The first kappa shape index (κ1) is 39.7. The van der Waals surface area contributed by atoms with Crippen LogP contribution in [0.4, 0.5) is 26.3 Å². The molecule has 0 fully saturated rings. The number of halogens is 6. The van der Waals surface area contributed by atoms with Gasteiger partial charge in [-0.3, -0.25) is 9.97 Å². The Morgan fingerprint density at radius 1 is 0.469 bits per heavy atom. The third-order valence-electron chi connectivity index (χ3n) is 6.31. The Morgan fingerprint density at radius 3 is 1.06 bits per heavy atom. The summed E-state index contributed by atoms with van der Waals surface area (Å²) in [5.41, 5.74) is -10.5. The van der Waals surface area contributed by atoms with Crippen LogP contribution in [0, 0.1) is 0 Å². The van der Waals surface area contributed by atoms with Crippen molar-refractivity contribution in [3.8, 4) is 0 Å². The molecule has 6 rings (SSSR count). The third kappa shape index (κ3) is 10.4. The summed E-state index contributed by atoms with van der Waals surface area (Å²) in [6.07, 6.45) is 3.60. The Hall–Kier alpha value is -3.69. The number of pyridine rings is 2. The van der Waals surface area contributed by atoms with E-state index in [1.807, 2.05) is 12.1 Å². The normalized spacial score (nSPS) is 11.9. The molecule has 0 unspecified atom stereocenters. The van der Waals surface area contributed by atoms with Crippen LogP contribution in [0.15, 0.2) is 140 Å². The van der Waals surface area contributed by atoms with Crippen LogP contribution >= 0.6 is 7.92 Å². The zero-order valence-electron chi connectivity index (χ0n) is 24.6. The van der Waals surface area contributed by atoms with E-state index in [0.29, 0.717) is 0 Å². The molecular formula is C32H24AuF6N3O4PS2+. The molecule has 0 N–H and O–H groups in total. The van der Waals surface area contributed by atoms with Gasteiger partial charge in [0.15, 0.2) is 20.0 Å². The van der Waals surface area contributed by atoms with E-state index in [9.17, 15) is 43.2 Å². The molecule has 0 aliphatic heterocycles. The number of hydrogen-bond acceptors (Lipinski definition) is 6. The van der Waals surface area contributed by atoms with Gasteiger partial charge in [-0.05, 0) is 48.5 Å². The van der Waals surface area contributed by atoms with Gasteiger partial charge in [0.1, 0.15) is 15.9 Å². The van der Waals surface area contributed by atoms with E-state index in [2.05, 4.69) is 125 Å². The van der Waals surface area contributed by atoms with E-state index < -0.39 is 39.0 Å². The largest absolute Gasteiger partial charge is 1.00 e. The minimum absolute atomic E-state index is 0. The van der Waals surface area contributed by atoms with Gasteiger partial charge in [0, 0.05) is 23.2 Å². The Kier molecular flexibility index (Phi) is 13.6. The van der Waals surface area contributed by atoms with Gasteiger partial charge in [0.2, 0.25) is 0 Å². The molecular weight excluding hydrogens is 896 g/mol. The molecule has 0 radical (unpaired) electrons. The van der Waals surface area contributed by atoms with Gasteiger partial charge in [0.05, 0.1) is 19.0 Å². The number of sulfonamides is 2. The second kappa shape index (κ2) is 16.8. The van der Waals surface area contributed by atoms with Gasteiger partial charge in [0.25, 0.3) is 0 Å². The molecule has 0 amide bonds. The molecule has 49 heavy (non-hydrogen) atoms. The molecule has 2 heterocycles. The van der Waals surface area contributed by atoms with E-state index >= 15 is 0 Å². The van der Waals surface area contributed by atoms with Crippen LogP contribution in [0.1, 0.15) is 0 Å². The van der Waals surface area contributed by atoms with E-state index in [1.165, 1.54) is 15.9 Å². The third-order valence-corrected chi connectivity index (χ3v) is 11.8. The molecule has 2 aromatic heterocycles. The summed E-state index contributed by atoms with van der Waals surface area (Å²) in [5.74, 6) is 0. The quantitative estimate of drug-likeness (QED) is 0.0797. The minimum Gasteiger partial charge on any atom is -0.421 e. The number of fused-ring (bicyclic) bond motifs is 3. The first-order valence-electron chi connectivity index (χ1n) is 13.6. The van der Waals surface area contributed by atoms with Crippen molar-refractivity contribution in [2.45, 2.75) is 11.0 Å². The predicted octanol–water partition coefficient (Wildman–Crippen LogP) is 7.02. The van der Waals surface area contributed by atoms with Crippen LogP contribution < -0.4 is 15.9 Å². The van der Waals surface area contributed by atoms with Crippen LogP contribution in [0.3, 0.4) is 0 Å². The first-order chi connectivity index (χ1) is 22.6. The SMILES string of the molecule is O=S(=O)([N-]S(=O)(=O)C(F)(F)F)C(F)(F)F.[Au+].c1ccc([PH+](c2ccccc2)c2ccccc2)cc1.c1cnc2c(c1)ccc1cccnc12. The van der Waals surface area contributed by atoms with Gasteiger partial charge in [-0.15, -0.1) is 0 Å². The summed E-state index contributed by atoms with van der Waals surface area (Å²) < 4.78 is 109. The van der Waals surface area contributed by atoms with Gasteiger partial charge in [-0.2, -0.15) is 26.3 Å². The fraction of sp³-hybridized carbons (Fsp3) is 0.0625. The fourth-order valence-electron chi connectivity index (χ4n) is 4.21. The maximum atomic E-state index is 11.4. The van der Waals surface area contributed by atoms with Crippen molar-refractivity contribution in [3.63, 3.8) is 0 Å². The van der Waals surface area contributed by atoms with E-state index in [-0.39, 0.29) is 22.4 Å². The minimum atomic E-state index is -6.72. The number of hydrogen-bond donors (Lipinski definition) is 0. The topological polar surface area (TPSA) is 108 Å². The summed E-state index contributed by atoms with van der Waals surface area (Å²) >= 11 is 0. The van der Waals surface area contributed by atoms with Crippen molar-refractivity contribution >= 4 is 65.7 Å². The number of nitrogens with zero attached hydrogens (tertiary/aromatic N) is 3. The van der Waals surface area contributed by atoms with Gasteiger partial charge in [-0.1, -0.05) is 78.9 Å². The van der Waals surface area contributed by atoms with Crippen LogP contribution in [-0.4, -0.2) is 37.8 Å². The number of alkyl halides is 6. The van der Waals surface area contributed by atoms with Crippen molar-refractivity contribution in [2.75, 3.05) is 0 Å². The first-order valence-corrected chi connectivity index (χ1v) is 18.0. The van der Waals surface area contributed by atoms with Crippen molar-refractivity contribution in [1.82, 2.24) is 9.97 Å². The summed E-state index contributed by atoms with van der Waals surface area (Å²) in [4.78, 5) is 8.69. The van der Waals surface area contributed by atoms with Crippen molar-refractivity contribution in [3.05, 3.63) is 144 Å². The molecule has 4 aromatic carbocycles. The zero-order valence-corrected chi connectivity index (χ0v) is 29.4. The molecule has 0 saturated heterocycles. The summed E-state index contributed by atoms with van der Waals surface area (Å²) in [7, 11) is -14.3. The van der Waals surface area contributed by atoms with Crippen molar-refractivity contribution < 1.29 is 65.6 Å². The van der Waals surface area contributed by atoms with E-state index in [4.69, 9.17) is 0 Å². The number of benzene rings is 4. The average molecular weight is 921 g/mol. The summed E-state index contributed by atoms with van der Waals surface area (Å²) in [6, 6.07) is 44.6. The zero-order chi connectivity index (χ0) is 35.0. The van der Waals surface area contributed by atoms with E-state index in [0.717, 1.165) is 25.9 Å². The summed E-state index contributed by atoms with van der Waals surface area (Å²) in [6.45, 7) is 0. The van der Waals surface area contributed by atoms with E-state index in [1.54, 1.807) is 12.4 Å². The standard InChI is InChI=1S/C18H15P.C12H8N2.C2F6NO4S2.Au/c1-4-10-16(11-5-1)19(17-12-6-2-7-13-17)18-14-8-3-9-15-18;1-3-9-5-6-10-4-2-8-14-12(10)11(9)13-7-1;3-1(4,5)14(10,11)9-15(12,13)2(6,7)8;/h1-15H;1-8H;;/q;;-1;+1/p+1. The smallest absolute Gasteiger partial charge is 0.421 e. The number of rotatable bonds is 5. The average Bonchev–Trinajstić information content (AvgIpc) is 3.05. The molecule has 17 heteroatoms. The Balaban J connectivity index is 0.000000200. The maximum absolute atomic E-state index is 11.4. The molecule has 0 saturated carbocycles.